The van der Waals surface area contributed by atoms with E-state index in [9.17, 15) is 47.3 Å². The molecule has 0 aliphatic carbocycles. The maximum Gasteiger partial charge on any atom is 0.472 e. The number of carbonyl (C=O) groups is 1. The minimum absolute atomic E-state index is 0.484. The summed E-state index contributed by atoms with van der Waals surface area (Å²) in [5.74, 6) is -5.15. The number of ether oxygens (including phenoxy) is 1. The zero-order valence-corrected chi connectivity index (χ0v) is 13.3. The standard InChI is InChI=1S/C13H9F4N4O7/c14-4-1-20(10-7(24)6(23)3(2-22)28-10)8-5(18-4)9(25)21(12(27)19-8)11(26)13(15,16)17/h1,3,6-7,10,23-24H,2H2/t3-,6-,7-,10+/m1/s1. The van der Waals surface area contributed by atoms with Gasteiger partial charge in [0.25, 0.3) is 5.56 Å². The largest absolute Gasteiger partial charge is 0.472 e. The van der Waals surface area contributed by atoms with Gasteiger partial charge in [0.2, 0.25) is 5.95 Å². The third-order valence-electron chi connectivity index (χ3n) is 3.94. The number of aromatic nitrogens is 4. The van der Waals surface area contributed by atoms with Crippen molar-refractivity contribution in [3.63, 3.8) is 0 Å². The SMILES string of the molecule is [O]C[C@H]1O[C@H](n2cc(F)nc3c(=O)n(C(=O)C(F)(F)F)c(=O)nc2-3)[C@H](O)[C@@H]1O. The molecule has 0 aromatic rings. The third kappa shape index (κ3) is 3.07. The Morgan fingerprint density at radius 3 is 2.39 bits per heavy atom. The van der Waals surface area contributed by atoms with Crippen molar-refractivity contribution in [2.75, 3.05) is 6.61 Å². The average molecular weight is 409 g/mol. The average Bonchev–Trinajstić information content (AvgIpc) is 2.89. The van der Waals surface area contributed by atoms with Crippen LogP contribution >= 0.6 is 0 Å². The van der Waals surface area contributed by atoms with Crippen molar-refractivity contribution in [3.05, 3.63) is 33.0 Å². The highest BCUT2D eigenvalue weighted by Crippen LogP contribution is 2.32. The van der Waals surface area contributed by atoms with Gasteiger partial charge in [-0.15, -0.1) is 0 Å². The Balaban J connectivity index is 2.25. The maximum atomic E-state index is 13.8. The van der Waals surface area contributed by atoms with Gasteiger partial charge in [-0.1, -0.05) is 0 Å². The van der Waals surface area contributed by atoms with Gasteiger partial charge in [-0.3, -0.25) is 14.2 Å². The lowest BCUT2D eigenvalue weighted by Gasteiger charge is -2.22. The third-order valence-corrected chi connectivity index (χ3v) is 3.94. The summed E-state index contributed by atoms with van der Waals surface area (Å²) >= 11 is 0. The first-order valence-corrected chi connectivity index (χ1v) is 7.40. The second-order valence-corrected chi connectivity index (χ2v) is 5.69. The van der Waals surface area contributed by atoms with Gasteiger partial charge in [-0.05, 0) is 0 Å². The van der Waals surface area contributed by atoms with Crippen LogP contribution < -0.4 is 11.2 Å². The quantitative estimate of drug-likeness (QED) is 0.556. The van der Waals surface area contributed by atoms with E-state index in [2.05, 4.69) is 9.97 Å². The zero-order valence-electron chi connectivity index (χ0n) is 13.3. The van der Waals surface area contributed by atoms with E-state index in [-0.39, 0.29) is 0 Å². The topological polar surface area (TPSA) is 156 Å². The van der Waals surface area contributed by atoms with Crippen LogP contribution in [0.25, 0.3) is 11.5 Å². The van der Waals surface area contributed by atoms with Gasteiger partial charge in [0.05, 0.1) is 6.20 Å². The molecule has 2 N–H and O–H groups in total. The number of aliphatic hydroxyl groups excluding tert-OH is 2. The van der Waals surface area contributed by atoms with Crippen LogP contribution in [0, 0.1) is 5.95 Å². The predicted molar refractivity (Wildman–Crippen MR) is 75.3 cm³/mol. The van der Waals surface area contributed by atoms with Crippen molar-refractivity contribution >= 4 is 5.91 Å². The van der Waals surface area contributed by atoms with Gasteiger partial charge < -0.3 is 14.9 Å². The Morgan fingerprint density at radius 2 is 1.86 bits per heavy atom. The predicted octanol–water partition coefficient (Wildman–Crippen LogP) is -1.70. The summed E-state index contributed by atoms with van der Waals surface area (Å²) in [6.07, 6.45) is -11.8. The molecule has 15 heteroatoms. The highest BCUT2D eigenvalue weighted by Gasteiger charge is 2.46. The molecule has 151 valence electrons. The number of hydrogen-bond donors (Lipinski definition) is 2. The monoisotopic (exact) mass is 409 g/mol. The first-order valence-electron chi connectivity index (χ1n) is 7.40. The molecule has 3 heterocycles. The van der Waals surface area contributed by atoms with E-state index < -0.39 is 76.5 Å². The van der Waals surface area contributed by atoms with Crippen molar-refractivity contribution < 1.29 is 42.4 Å². The van der Waals surface area contributed by atoms with Crippen LogP contribution in [0.3, 0.4) is 0 Å². The lowest BCUT2D eigenvalue weighted by molar-refractivity contribution is -0.0952. The summed E-state index contributed by atoms with van der Waals surface area (Å²) in [6.45, 7) is -1.01. The molecule has 0 aromatic carbocycles. The Bertz CT molecular complexity index is 1020. The molecule has 0 saturated carbocycles. The Hall–Kier alpha value is -2.75. The fourth-order valence-electron chi connectivity index (χ4n) is 2.67. The zero-order chi connectivity index (χ0) is 21.0. The molecule has 28 heavy (non-hydrogen) atoms. The second kappa shape index (κ2) is 6.69. The van der Waals surface area contributed by atoms with E-state index in [1.165, 1.54) is 0 Å². The van der Waals surface area contributed by atoms with Crippen molar-refractivity contribution in [2.45, 2.75) is 30.7 Å². The van der Waals surface area contributed by atoms with Crippen LogP contribution in [0.4, 0.5) is 17.6 Å². The number of rotatable bonds is 2. The van der Waals surface area contributed by atoms with Gasteiger partial charge >= 0.3 is 17.8 Å². The molecule has 0 bridgehead atoms. The van der Waals surface area contributed by atoms with Crippen LogP contribution in [0.15, 0.2) is 15.8 Å². The van der Waals surface area contributed by atoms with Crippen LogP contribution in [0.5, 0.6) is 0 Å². The van der Waals surface area contributed by atoms with E-state index in [0.717, 1.165) is 0 Å². The molecule has 0 aromatic heterocycles. The summed E-state index contributed by atoms with van der Waals surface area (Å²) < 4.78 is 56.3. The molecular weight excluding hydrogens is 400 g/mol. The van der Waals surface area contributed by atoms with Gasteiger partial charge in [0.15, 0.2) is 17.7 Å². The number of nitrogens with zero attached hydrogens (tertiary/aromatic N) is 4. The van der Waals surface area contributed by atoms with Crippen molar-refractivity contribution in [2.24, 2.45) is 0 Å². The highest BCUT2D eigenvalue weighted by molar-refractivity contribution is 5.84. The number of aliphatic hydroxyl groups is 2. The first kappa shape index (κ1) is 20.0. The number of fused-ring (bicyclic) bond motifs is 1. The normalized spacial score (nSPS) is 25.4. The van der Waals surface area contributed by atoms with Crippen molar-refractivity contribution in [3.8, 4) is 11.5 Å². The number of alkyl halides is 3. The second-order valence-electron chi connectivity index (χ2n) is 5.69. The summed E-state index contributed by atoms with van der Waals surface area (Å²) in [5, 5.41) is 30.7. The molecule has 0 unspecified atom stereocenters. The Morgan fingerprint density at radius 1 is 1.21 bits per heavy atom. The summed E-state index contributed by atoms with van der Waals surface area (Å²) in [4.78, 5) is 41.5. The minimum atomic E-state index is -5.60. The smallest absolute Gasteiger partial charge is 0.387 e. The Kier molecular flexibility index (Phi) is 4.78. The van der Waals surface area contributed by atoms with E-state index in [0.29, 0.717) is 10.8 Å². The van der Waals surface area contributed by atoms with Crippen LogP contribution in [-0.4, -0.2) is 66.3 Å². The van der Waals surface area contributed by atoms with Gasteiger partial charge in [0.1, 0.15) is 24.9 Å². The summed E-state index contributed by atoms with van der Waals surface area (Å²) in [6, 6.07) is 0. The molecule has 3 rings (SSSR count). The maximum absolute atomic E-state index is 13.8. The molecule has 11 nitrogen and oxygen atoms in total. The number of hydrogen-bond acceptors (Lipinski definition) is 8. The highest BCUT2D eigenvalue weighted by atomic mass is 19.4. The molecule has 0 amide bonds. The minimum Gasteiger partial charge on any atom is -0.387 e. The van der Waals surface area contributed by atoms with Gasteiger partial charge in [-0.25, -0.2) is 14.9 Å². The summed E-state index contributed by atoms with van der Waals surface area (Å²) in [5.41, 5.74) is -4.98. The van der Waals surface area contributed by atoms with Crippen LogP contribution in [0.1, 0.15) is 11.0 Å². The molecule has 1 saturated heterocycles. The van der Waals surface area contributed by atoms with Crippen LogP contribution in [-0.2, 0) is 9.84 Å². The molecular formula is C13H9F4N4O7. The lowest BCUT2D eigenvalue weighted by Crippen LogP contribution is -2.47. The number of carbonyl (C=O) groups excluding carboxylic acids is 1. The first-order chi connectivity index (χ1) is 13.0. The number of halogens is 4. The molecule has 0 spiro atoms. The van der Waals surface area contributed by atoms with Crippen molar-refractivity contribution in [1.82, 2.24) is 19.1 Å². The van der Waals surface area contributed by atoms with Crippen molar-refractivity contribution in [1.29, 1.82) is 0 Å². The van der Waals surface area contributed by atoms with E-state index in [4.69, 9.17) is 4.74 Å². The molecule has 1 radical (unpaired) electrons. The molecule has 1 fully saturated rings. The molecule has 3 aliphatic heterocycles. The van der Waals surface area contributed by atoms with E-state index in [1.807, 2.05) is 0 Å². The Labute approximate surface area is 150 Å². The van der Waals surface area contributed by atoms with Gasteiger partial charge in [0, 0.05) is 0 Å². The molecule has 4 atom stereocenters. The van der Waals surface area contributed by atoms with Crippen LogP contribution in [0.2, 0.25) is 0 Å². The summed E-state index contributed by atoms with van der Waals surface area (Å²) in [7, 11) is 0. The van der Waals surface area contributed by atoms with E-state index in [1.54, 1.807) is 0 Å². The fourth-order valence-corrected chi connectivity index (χ4v) is 2.67. The van der Waals surface area contributed by atoms with Gasteiger partial charge in [-0.2, -0.15) is 27.1 Å². The molecule has 3 aliphatic rings. The van der Waals surface area contributed by atoms with E-state index >= 15 is 0 Å². The lowest BCUT2D eigenvalue weighted by atomic mass is 10.1. The fraction of sp³-hybridized carbons (Fsp3) is 0.462.